The molecule has 0 bridgehead atoms. The molecule has 0 atom stereocenters. The first-order chi connectivity index (χ1) is 11.8. The Morgan fingerprint density at radius 2 is 0.815 bits per heavy atom. The zero-order valence-corrected chi connectivity index (χ0v) is 19.6. The Kier molecular flexibility index (Phi) is 10.7. The van der Waals surface area contributed by atoms with Crippen LogP contribution < -0.4 is 0 Å². The van der Waals surface area contributed by atoms with E-state index in [0.717, 1.165) is 11.1 Å². The van der Waals surface area contributed by atoms with Crippen LogP contribution in [0, 0.1) is 0 Å². The van der Waals surface area contributed by atoms with Gasteiger partial charge in [0, 0.05) is 0 Å². The molecule has 0 aliphatic heterocycles. The zero-order chi connectivity index (χ0) is 20.1. The summed E-state index contributed by atoms with van der Waals surface area (Å²) < 4.78 is 63.4. The summed E-state index contributed by atoms with van der Waals surface area (Å²) in [6, 6.07) is 12.0. The Morgan fingerprint density at radius 3 is 0.963 bits per heavy atom. The van der Waals surface area contributed by atoms with Crippen LogP contribution in [0.2, 0.25) is 0 Å². The summed E-state index contributed by atoms with van der Waals surface area (Å²) in [6.07, 6.45) is 0. The predicted molar refractivity (Wildman–Crippen MR) is 103 cm³/mol. The quantitative estimate of drug-likeness (QED) is 0.535. The van der Waals surface area contributed by atoms with Gasteiger partial charge in [0.05, 0.1) is 9.79 Å². The van der Waals surface area contributed by atoms with Crippen molar-refractivity contribution < 1.29 is 25.9 Å². The van der Waals surface area contributed by atoms with E-state index in [2.05, 4.69) is 0 Å². The van der Waals surface area contributed by atoms with Crippen LogP contribution in [0.3, 0.4) is 0 Å². The first-order valence-corrected chi connectivity index (χ1v) is 10.8. The molecule has 9 heteroatoms. The molecule has 2 rings (SSSR count). The topological polar surface area (TPSA) is 114 Å². The monoisotopic (exact) mass is 438 g/mol. The molecule has 0 amide bonds. The van der Waals surface area contributed by atoms with E-state index in [-0.39, 0.29) is 47.5 Å². The van der Waals surface area contributed by atoms with E-state index in [1.54, 1.807) is 24.3 Å². The summed E-state index contributed by atoms with van der Waals surface area (Å²) in [5.74, 6) is 0.673. The van der Waals surface area contributed by atoms with Crippen LogP contribution in [-0.2, 0) is 20.2 Å². The van der Waals surface area contributed by atoms with Crippen molar-refractivity contribution in [3.63, 3.8) is 0 Å². The standard InChI is InChI=1S/2C9H12O3S.Ca/c2*1-7(2)8-3-5-9(6-4-8)13(10,11)12;/h2*3-7H,1-2H3,(H,10,11,12);/q;;+2/p-2. The van der Waals surface area contributed by atoms with Crippen LogP contribution in [0.4, 0.5) is 0 Å². The summed E-state index contributed by atoms with van der Waals surface area (Å²) >= 11 is 0. The van der Waals surface area contributed by atoms with Crippen LogP contribution >= 0.6 is 0 Å². The Hall–Kier alpha value is -0.480. The number of benzene rings is 2. The molecule has 0 aliphatic rings. The Bertz CT molecular complexity index is 837. The SMILES string of the molecule is CC(C)c1ccc(S(=O)(=O)[O-])cc1.CC(C)c1ccc(S(=O)(=O)[O-])cc1.[Ca+2]. The van der Waals surface area contributed by atoms with E-state index < -0.39 is 20.2 Å². The average Bonchev–Trinajstić information content (AvgIpc) is 2.54. The molecule has 0 radical (unpaired) electrons. The van der Waals surface area contributed by atoms with Crippen molar-refractivity contribution in [3.8, 4) is 0 Å². The van der Waals surface area contributed by atoms with Crippen molar-refractivity contribution in [2.75, 3.05) is 0 Å². The van der Waals surface area contributed by atoms with Gasteiger partial charge in [-0.2, -0.15) is 0 Å². The number of hydrogen-bond acceptors (Lipinski definition) is 6. The van der Waals surface area contributed by atoms with Crippen LogP contribution in [0.25, 0.3) is 0 Å². The molecule has 0 heterocycles. The molecular formula is C18H22CaO6S2. The summed E-state index contributed by atoms with van der Waals surface area (Å²) in [7, 11) is -8.59. The van der Waals surface area contributed by atoms with Gasteiger partial charge in [-0.05, 0) is 47.2 Å². The second kappa shape index (κ2) is 10.9. The van der Waals surface area contributed by atoms with Gasteiger partial charge in [-0.3, -0.25) is 0 Å². The predicted octanol–water partition coefficient (Wildman–Crippen LogP) is 3.05. The fraction of sp³-hybridized carbons (Fsp3) is 0.333. The third-order valence-corrected chi connectivity index (χ3v) is 5.37. The van der Waals surface area contributed by atoms with Gasteiger partial charge >= 0.3 is 37.7 Å². The minimum atomic E-state index is -4.30. The van der Waals surface area contributed by atoms with E-state index in [1.165, 1.54) is 24.3 Å². The minimum absolute atomic E-state index is 0. The Morgan fingerprint density at radius 1 is 0.593 bits per heavy atom. The summed E-state index contributed by atoms with van der Waals surface area (Å²) in [4.78, 5) is -0.339. The minimum Gasteiger partial charge on any atom is -0.744 e. The van der Waals surface area contributed by atoms with E-state index in [1.807, 2.05) is 27.7 Å². The molecule has 0 aromatic heterocycles. The van der Waals surface area contributed by atoms with Crippen molar-refractivity contribution in [1.82, 2.24) is 0 Å². The third kappa shape index (κ3) is 9.04. The first kappa shape index (κ1) is 26.5. The Labute approximate surface area is 191 Å². The first-order valence-electron chi connectivity index (χ1n) is 7.94. The molecule has 2 aromatic carbocycles. The Balaban J connectivity index is 0.000000483. The number of hydrogen-bond donors (Lipinski definition) is 0. The van der Waals surface area contributed by atoms with Gasteiger partial charge in [0.1, 0.15) is 20.2 Å². The second-order valence-electron chi connectivity index (χ2n) is 6.36. The van der Waals surface area contributed by atoms with Crippen LogP contribution in [0.15, 0.2) is 58.3 Å². The van der Waals surface area contributed by atoms with Crippen molar-refractivity contribution in [2.24, 2.45) is 0 Å². The number of rotatable bonds is 4. The van der Waals surface area contributed by atoms with Gasteiger partial charge in [0.25, 0.3) is 0 Å². The van der Waals surface area contributed by atoms with Gasteiger partial charge in [-0.15, -0.1) is 0 Å². The average molecular weight is 439 g/mol. The van der Waals surface area contributed by atoms with Crippen molar-refractivity contribution >= 4 is 58.0 Å². The third-order valence-electron chi connectivity index (χ3n) is 3.67. The summed E-state index contributed by atoms with van der Waals surface area (Å²) in [5.41, 5.74) is 2.04. The maximum atomic E-state index is 10.6. The van der Waals surface area contributed by atoms with E-state index in [0.29, 0.717) is 11.8 Å². The smallest absolute Gasteiger partial charge is 0.744 e. The molecule has 0 aliphatic carbocycles. The molecule has 0 unspecified atom stereocenters. The molecule has 0 spiro atoms. The van der Waals surface area contributed by atoms with Gasteiger partial charge in [0.2, 0.25) is 0 Å². The fourth-order valence-corrected chi connectivity index (χ4v) is 2.98. The molecular weight excluding hydrogens is 416 g/mol. The van der Waals surface area contributed by atoms with Gasteiger partial charge in [-0.1, -0.05) is 52.0 Å². The molecule has 6 nitrogen and oxygen atoms in total. The second-order valence-corrected chi connectivity index (χ2v) is 9.12. The van der Waals surface area contributed by atoms with Gasteiger partial charge < -0.3 is 9.11 Å². The zero-order valence-electron chi connectivity index (χ0n) is 15.7. The molecule has 2 aromatic rings. The molecule has 0 saturated heterocycles. The van der Waals surface area contributed by atoms with Crippen LogP contribution in [0.1, 0.15) is 50.7 Å². The largest absolute Gasteiger partial charge is 2.00 e. The van der Waals surface area contributed by atoms with Crippen LogP contribution in [-0.4, -0.2) is 63.7 Å². The van der Waals surface area contributed by atoms with Crippen molar-refractivity contribution in [2.45, 2.75) is 49.3 Å². The summed E-state index contributed by atoms with van der Waals surface area (Å²) in [5, 5.41) is 0. The molecule has 0 fully saturated rings. The van der Waals surface area contributed by atoms with E-state index >= 15 is 0 Å². The van der Waals surface area contributed by atoms with E-state index in [9.17, 15) is 25.9 Å². The molecule has 27 heavy (non-hydrogen) atoms. The van der Waals surface area contributed by atoms with Crippen molar-refractivity contribution in [1.29, 1.82) is 0 Å². The van der Waals surface area contributed by atoms with Crippen LogP contribution in [0.5, 0.6) is 0 Å². The summed E-state index contributed by atoms with van der Waals surface area (Å²) in [6.45, 7) is 8.00. The van der Waals surface area contributed by atoms with Gasteiger partial charge in [-0.25, -0.2) is 16.8 Å². The molecule has 144 valence electrons. The fourth-order valence-electron chi connectivity index (χ4n) is 2.04. The molecule has 0 N–H and O–H groups in total. The molecule has 0 saturated carbocycles. The maximum absolute atomic E-state index is 10.6. The van der Waals surface area contributed by atoms with Gasteiger partial charge in [0.15, 0.2) is 0 Å². The normalized spacial score (nSPS) is 11.6. The van der Waals surface area contributed by atoms with Crippen molar-refractivity contribution in [3.05, 3.63) is 59.7 Å². The maximum Gasteiger partial charge on any atom is 2.00 e. The van der Waals surface area contributed by atoms with E-state index in [4.69, 9.17) is 0 Å².